The van der Waals surface area contributed by atoms with Crippen LogP contribution < -0.4 is 5.73 Å². The van der Waals surface area contributed by atoms with E-state index in [1.54, 1.807) is 32.0 Å². The molecular weight excluding hydrogens is 221 g/mol. The predicted molar refractivity (Wildman–Crippen MR) is 65.1 cm³/mol. The number of methoxy groups -OCH3 is 2. The lowest BCUT2D eigenvalue weighted by Gasteiger charge is -2.29. The second kappa shape index (κ2) is 5.58. The summed E-state index contributed by atoms with van der Waals surface area (Å²) in [5, 5.41) is 0. The van der Waals surface area contributed by atoms with Crippen LogP contribution in [0.1, 0.15) is 24.5 Å². The van der Waals surface area contributed by atoms with Crippen LogP contribution in [-0.4, -0.2) is 20.5 Å². The lowest BCUT2D eigenvalue weighted by Crippen LogP contribution is -2.39. The maximum Gasteiger partial charge on any atom is 0.158 e. The average Bonchev–Trinajstić information content (AvgIpc) is 2.29. The molecule has 3 nitrogen and oxygen atoms in total. The maximum atomic E-state index is 14.0. The monoisotopic (exact) mass is 241 g/mol. The fourth-order valence-corrected chi connectivity index (χ4v) is 1.81. The summed E-state index contributed by atoms with van der Waals surface area (Å²) in [6.07, 6.45) is -0.0506. The Bertz CT molecular complexity index is 376. The normalized spacial score (nSPS) is 15.0. The van der Waals surface area contributed by atoms with Crippen LogP contribution in [0.15, 0.2) is 18.2 Å². The van der Waals surface area contributed by atoms with Gasteiger partial charge in [-0.15, -0.1) is 0 Å². The molecule has 0 spiro atoms. The molecule has 1 atom stereocenters. The number of halogens is 1. The second-order valence-electron chi connectivity index (χ2n) is 4.46. The Kier molecular flexibility index (Phi) is 4.62. The summed E-state index contributed by atoms with van der Waals surface area (Å²) in [7, 11) is 3.08. The number of nitrogens with two attached hydrogens (primary N) is 1. The first-order valence-corrected chi connectivity index (χ1v) is 5.52. The van der Waals surface area contributed by atoms with E-state index in [0.29, 0.717) is 17.5 Å². The van der Waals surface area contributed by atoms with Crippen LogP contribution in [0, 0.1) is 12.7 Å². The van der Waals surface area contributed by atoms with Crippen molar-refractivity contribution in [3.05, 3.63) is 35.1 Å². The highest BCUT2D eigenvalue weighted by atomic mass is 19.1. The van der Waals surface area contributed by atoms with E-state index in [-0.39, 0.29) is 5.82 Å². The van der Waals surface area contributed by atoms with Gasteiger partial charge >= 0.3 is 0 Å². The molecule has 4 heteroatoms. The van der Waals surface area contributed by atoms with Gasteiger partial charge in [0.1, 0.15) is 5.82 Å². The van der Waals surface area contributed by atoms with Crippen LogP contribution in [0.2, 0.25) is 0 Å². The van der Waals surface area contributed by atoms with Crippen LogP contribution >= 0.6 is 0 Å². The van der Waals surface area contributed by atoms with Gasteiger partial charge < -0.3 is 15.2 Å². The Hall–Kier alpha value is -0.970. The van der Waals surface area contributed by atoms with Crippen molar-refractivity contribution in [2.45, 2.75) is 32.1 Å². The van der Waals surface area contributed by atoms with Gasteiger partial charge in [-0.3, -0.25) is 0 Å². The zero-order valence-electron chi connectivity index (χ0n) is 10.8. The predicted octanol–water partition coefficient (Wildman–Crippen LogP) is 2.32. The van der Waals surface area contributed by atoms with E-state index in [1.807, 2.05) is 0 Å². The zero-order chi connectivity index (χ0) is 13.1. The number of aryl methyl sites for hydroxylation is 1. The van der Waals surface area contributed by atoms with E-state index in [2.05, 4.69) is 0 Å². The highest BCUT2D eigenvalue weighted by molar-refractivity contribution is 5.30. The Morgan fingerprint density at radius 2 is 1.94 bits per heavy atom. The molecule has 0 aliphatic carbocycles. The van der Waals surface area contributed by atoms with Gasteiger partial charge in [-0.05, 0) is 19.4 Å². The molecule has 0 bridgehead atoms. The van der Waals surface area contributed by atoms with Crippen LogP contribution in [0.4, 0.5) is 4.39 Å². The summed E-state index contributed by atoms with van der Waals surface area (Å²) in [6.45, 7) is 3.49. The molecule has 0 unspecified atom stereocenters. The van der Waals surface area contributed by atoms with Gasteiger partial charge in [0.15, 0.2) is 6.29 Å². The molecule has 0 saturated carbocycles. The number of ether oxygens (including phenoxy) is 2. The van der Waals surface area contributed by atoms with Crippen molar-refractivity contribution >= 4 is 0 Å². The molecule has 17 heavy (non-hydrogen) atoms. The lowest BCUT2D eigenvalue weighted by atomic mass is 9.88. The average molecular weight is 241 g/mol. The van der Waals surface area contributed by atoms with E-state index in [9.17, 15) is 4.39 Å². The number of hydrogen-bond acceptors (Lipinski definition) is 3. The second-order valence-corrected chi connectivity index (χ2v) is 4.46. The van der Waals surface area contributed by atoms with Crippen molar-refractivity contribution < 1.29 is 13.9 Å². The lowest BCUT2D eigenvalue weighted by molar-refractivity contribution is -0.116. The van der Waals surface area contributed by atoms with Crippen LogP contribution in [0.3, 0.4) is 0 Å². The summed E-state index contributed by atoms with van der Waals surface area (Å²) in [4.78, 5) is 0. The summed E-state index contributed by atoms with van der Waals surface area (Å²) >= 11 is 0. The third kappa shape index (κ3) is 3.25. The quantitative estimate of drug-likeness (QED) is 0.805. The molecule has 0 heterocycles. The van der Waals surface area contributed by atoms with Gasteiger partial charge in [-0.25, -0.2) is 4.39 Å². The summed E-state index contributed by atoms with van der Waals surface area (Å²) < 4.78 is 24.2. The van der Waals surface area contributed by atoms with Gasteiger partial charge in [0.25, 0.3) is 0 Å². The first-order chi connectivity index (χ1) is 7.92. The van der Waals surface area contributed by atoms with E-state index in [0.717, 1.165) is 0 Å². The Morgan fingerprint density at radius 3 is 2.47 bits per heavy atom. The van der Waals surface area contributed by atoms with Gasteiger partial charge in [0.05, 0.1) is 0 Å². The first-order valence-electron chi connectivity index (χ1n) is 5.52. The molecule has 2 N–H and O–H groups in total. The maximum absolute atomic E-state index is 14.0. The van der Waals surface area contributed by atoms with Crippen molar-refractivity contribution in [3.63, 3.8) is 0 Å². The molecule has 1 aromatic carbocycles. The minimum absolute atomic E-state index is 0.261. The molecule has 1 rings (SSSR count). The largest absolute Gasteiger partial charge is 0.356 e. The summed E-state index contributed by atoms with van der Waals surface area (Å²) in [5.74, 6) is -0.261. The van der Waals surface area contributed by atoms with Crippen LogP contribution in [-0.2, 0) is 15.0 Å². The molecule has 0 aromatic heterocycles. The third-order valence-corrected chi connectivity index (χ3v) is 2.92. The van der Waals surface area contributed by atoms with E-state index < -0.39 is 11.8 Å². The highest BCUT2D eigenvalue weighted by Gasteiger charge is 2.29. The van der Waals surface area contributed by atoms with E-state index in [1.165, 1.54) is 14.2 Å². The number of benzene rings is 1. The van der Waals surface area contributed by atoms with Crippen molar-refractivity contribution in [2.75, 3.05) is 14.2 Å². The highest BCUT2D eigenvalue weighted by Crippen LogP contribution is 2.28. The van der Waals surface area contributed by atoms with Crippen molar-refractivity contribution in [3.8, 4) is 0 Å². The number of hydrogen-bond donors (Lipinski definition) is 1. The standard InChI is InChI=1S/C13H20FNO2/c1-9-6-5-7-10(12(9)14)13(2,15)8-11(16-3)17-4/h5-7,11H,8,15H2,1-4H3/t13-/m0/s1. The topological polar surface area (TPSA) is 44.5 Å². The third-order valence-electron chi connectivity index (χ3n) is 2.92. The molecule has 0 radical (unpaired) electrons. The van der Waals surface area contributed by atoms with Crippen molar-refractivity contribution in [2.24, 2.45) is 5.73 Å². The van der Waals surface area contributed by atoms with Crippen LogP contribution in [0.25, 0.3) is 0 Å². The Morgan fingerprint density at radius 1 is 1.35 bits per heavy atom. The fourth-order valence-electron chi connectivity index (χ4n) is 1.81. The molecule has 0 saturated heterocycles. The molecular formula is C13H20FNO2. The van der Waals surface area contributed by atoms with E-state index in [4.69, 9.17) is 15.2 Å². The molecule has 0 aliphatic rings. The summed E-state index contributed by atoms with van der Waals surface area (Å²) in [6, 6.07) is 5.22. The SMILES string of the molecule is COC(C[C@](C)(N)c1cccc(C)c1F)OC. The van der Waals surface area contributed by atoms with Gasteiger partial charge in [-0.1, -0.05) is 18.2 Å². The molecule has 0 fully saturated rings. The molecule has 1 aromatic rings. The molecule has 0 amide bonds. The van der Waals surface area contributed by atoms with Gasteiger partial charge in [0, 0.05) is 31.7 Å². The smallest absolute Gasteiger partial charge is 0.158 e. The van der Waals surface area contributed by atoms with Crippen molar-refractivity contribution in [1.29, 1.82) is 0 Å². The first kappa shape index (κ1) is 14.1. The van der Waals surface area contributed by atoms with Crippen molar-refractivity contribution in [1.82, 2.24) is 0 Å². The minimum Gasteiger partial charge on any atom is -0.356 e. The molecule has 0 aliphatic heterocycles. The Labute approximate surface area is 102 Å². The van der Waals surface area contributed by atoms with E-state index >= 15 is 0 Å². The number of rotatable bonds is 5. The van der Waals surface area contributed by atoms with Crippen LogP contribution in [0.5, 0.6) is 0 Å². The van der Waals surface area contributed by atoms with Gasteiger partial charge in [0.2, 0.25) is 0 Å². The van der Waals surface area contributed by atoms with Gasteiger partial charge in [-0.2, -0.15) is 0 Å². The zero-order valence-corrected chi connectivity index (χ0v) is 10.8. The molecule has 96 valence electrons. The minimum atomic E-state index is -0.827. The fraction of sp³-hybridized carbons (Fsp3) is 0.538. The Balaban J connectivity index is 3.00. The summed E-state index contributed by atoms with van der Waals surface area (Å²) in [5.41, 5.74) is 6.40.